The Morgan fingerprint density at radius 3 is 2.39 bits per heavy atom. The molecule has 1 unspecified atom stereocenters. The Hall–Kier alpha value is -1.07. The average molecular weight is 270 g/mol. The number of hydrogen-bond acceptors (Lipinski definition) is 3. The molecule has 0 bridgehead atoms. The van der Waals surface area contributed by atoms with Crippen molar-refractivity contribution in [3.63, 3.8) is 0 Å². The van der Waals surface area contributed by atoms with Gasteiger partial charge >= 0.3 is 0 Å². The first-order chi connectivity index (χ1) is 8.21. The van der Waals surface area contributed by atoms with Crippen molar-refractivity contribution in [2.24, 2.45) is 11.1 Å². The Bertz CT molecular complexity index is 510. The van der Waals surface area contributed by atoms with Gasteiger partial charge in [-0.15, -0.1) is 0 Å². The second kappa shape index (κ2) is 5.71. The lowest BCUT2D eigenvalue weighted by atomic mass is 10.0. The summed E-state index contributed by atoms with van der Waals surface area (Å²) in [7, 11) is -3.65. The lowest BCUT2D eigenvalue weighted by Crippen LogP contribution is -2.19. The van der Waals surface area contributed by atoms with E-state index in [2.05, 4.69) is 26.1 Å². The first kappa shape index (κ1) is 15.0. The van der Waals surface area contributed by atoms with Gasteiger partial charge in [-0.2, -0.15) is 0 Å². The van der Waals surface area contributed by atoms with Crippen LogP contribution in [0, 0.1) is 12.8 Å². The third-order valence-corrected chi connectivity index (χ3v) is 3.87. The zero-order valence-electron chi connectivity index (χ0n) is 11.4. The Morgan fingerprint density at radius 2 is 1.89 bits per heavy atom. The van der Waals surface area contributed by atoms with Crippen LogP contribution in [-0.2, 0) is 10.0 Å². The van der Waals surface area contributed by atoms with Crippen molar-refractivity contribution in [3.8, 4) is 0 Å². The number of anilines is 1. The number of sulfonamides is 1. The molecule has 1 aromatic carbocycles. The minimum absolute atomic E-state index is 0.184. The summed E-state index contributed by atoms with van der Waals surface area (Å²) >= 11 is 0. The Balaban J connectivity index is 2.98. The van der Waals surface area contributed by atoms with Gasteiger partial charge in [-0.05, 0) is 43.9 Å². The molecular formula is C13H22N2O2S. The van der Waals surface area contributed by atoms with Gasteiger partial charge in [0, 0.05) is 11.7 Å². The third kappa shape index (κ3) is 3.99. The minimum atomic E-state index is -3.65. The molecule has 0 aliphatic rings. The van der Waals surface area contributed by atoms with Crippen LogP contribution in [0.1, 0.15) is 32.8 Å². The van der Waals surface area contributed by atoms with E-state index in [9.17, 15) is 8.42 Å². The maximum absolute atomic E-state index is 11.4. The summed E-state index contributed by atoms with van der Waals surface area (Å²) in [5.74, 6) is 0.592. The van der Waals surface area contributed by atoms with Gasteiger partial charge in [-0.25, -0.2) is 13.6 Å². The molecule has 1 rings (SSSR count). The van der Waals surface area contributed by atoms with Gasteiger partial charge in [0.25, 0.3) is 0 Å². The maximum atomic E-state index is 11.4. The number of primary sulfonamides is 1. The number of rotatable bonds is 5. The summed E-state index contributed by atoms with van der Waals surface area (Å²) in [5.41, 5.74) is 1.50. The van der Waals surface area contributed by atoms with E-state index >= 15 is 0 Å². The lowest BCUT2D eigenvalue weighted by molar-refractivity contribution is 0.539. The predicted molar refractivity (Wildman–Crippen MR) is 75.1 cm³/mol. The van der Waals surface area contributed by atoms with Crippen molar-refractivity contribution in [3.05, 3.63) is 23.8 Å². The average Bonchev–Trinajstić information content (AvgIpc) is 2.18. The molecule has 0 aliphatic heterocycles. The highest BCUT2D eigenvalue weighted by Crippen LogP contribution is 2.23. The second-order valence-electron chi connectivity index (χ2n) is 5.15. The molecule has 0 amide bonds. The smallest absolute Gasteiger partial charge is 0.238 e. The highest BCUT2D eigenvalue weighted by atomic mass is 32.2. The summed E-state index contributed by atoms with van der Waals surface area (Å²) in [4.78, 5) is 0.184. The van der Waals surface area contributed by atoms with Gasteiger partial charge in [0.1, 0.15) is 0 Å². The summed E-state index contributed by atoms with van der Waals surface area (Å²) in [6, 6.07) is 5.40. The summed E-state index contributed by atoms with van der Waals surface area (Å²) < 4.78 is 22.8. The van der Waals surface area contributed by atoms with Gasteiger partial charge in [0.15, 0.2) is 0 Å². The van der Waals surface area contributed by atoms with Gasteiger partial charge < -0.3 is 5.32 Å². The van der Waals surface area contributed by atoms with E-state index in [4.69, 9.17) is 5.14 Å². The molecule has 5 heteroatoms. The molecule has 0 fully saturated rings. The van der Waals surface area contributed by atoms with Crippen molar-refractivity contribution in [1.82, 2.24) is 0 Å². The minimum Gasteiger partial charge on any atom is -0.382 e. The molecule has 0 radical (unpaired) electrons. The van der Waals surface area contributed by atoms with Crippen LogP contribution >= 0.6 is 0 Å². The predicted octanol–water partition coefficient (Wildman–Crippen LogP) is 2.49. The topological polar surface area (TPSA) is 72.2 Å². The van der Waals surface area contributed by atoms with Crippen molar-refractivity contribution < 1.29 is 8.42 Å². The van der Waals surface area contributed by atoms with Crippen molar-refractivity contribution >= 4 is 15.7 Å². The number of nitrogens with one attached hydrogen (secondary N) is 1. The molecule has 0 saturated heterocycles. The standard InChI is InChI=1S/C13H22N2O2S/c1-9(2)8-10(3)15-12-6-5-7-13(11(12)4)18(14,16)17/h5-7,9-10,15H,8H2,1-4H3,(H2,14,16,17). The first-order valence-electron chi connectivity index (χ1n) is 6.10. The van der Waals surface area contributed by atoms with Crippen LogP contribution in [0.2, 0.25) is 0 Å². The molecule has 0 heterocycles. The Morgan fingerprint density at radius 1 is 1.28 bits per heavy atom. The van der Waals surface area contributed by atoms with E-state index in [0.29, 0.717) is 17.5 Å². The molecule has 3 N–H and O–H groups in total. The summed E-state index contributed by atoms with van der Waals surface area (Å²) in [6.45, 7) is 8.17. The molecule has 0 spiro atoms. The molecule has 102 valence electrons. The van der Waals surface area contributed by atoms with Crippen LogP contribution < -0.4 is 10.5 Å². The highest BCUT2D eigenvalue weighted by molar-refractivity contribution is 7.89. The van der Waals surface area contributed by atoms with Crippen LogP contribution in [0.4, 0.5) is 5.69 Å². The normalized spacial score (nSPS) is 13.7. The van der Waals surface area contributed by atoms with E-state index in [-0.39, 0.29) is 4.90 Å². The highest BCUT2D eigenvalue weighted by Gasteiger charge is 2.14. The van der Waals surface area contributed by atoms with Crippen LogP contribution in [0.5, 0.6) is 0 Å². The Labute approximate surface area is 110 Å². The first-order valence-corrected chi connectivity index (χ1v) is 7.65. The molecular weight excluding hydrogens is 248 g/mol. The third-order valence-electron chi connectivity index (χ3n) is 2.82. The fourth-order valence-electron chi connectivity index (χ4n) is 2.11. The zero-order chi connectivity index (χ0) is 13.9. The van der Waals surface area contributed by atoms with Gasteiger partial charge in [-0.1, -0.05) is 19.9 Å². The van der Waals surface area contributed by atoms with Crippen LogP contribution in [0.25, 0.3) is 0 Å². The van der Waals surface area contributed by atoms with E-state index in [1.54, 1.807) is 13.0 Å². The molecule has 0 saturated carbocycles. The summed E-state index contributed by atoms with van der Waals surface area (Å²) in [5, 5.41) is 8.52. The van der Waals surface area contributed by atoms with E-state index in [0.717, 1.165) is 12.1 Å². The largest absolute Gasteiger partial charge is 0.382 e. The SMILES string of the molecule is Cc1c(NC(C)CC(C)C)cccc1S(N)(=O)=O. The van der Waals surface area contributed by atoms with Crippen LogP contribution in [0.15, 0.2) is 23.1 Å². The molecule has 18 heavy (non-hydrogen) atoms. The van der Waals surface area contributed by atoms with Gasteiger partial charge in [0.2, 0.25) is 10.0 Å². The fourth-order valence-corrected chi connectivity index (χ4v) is 2.92. The molecule has 4 nitrogen and oxygen atoms in total. The maximum Gasteiger partial charge on any atom is 0.238 e. The lowest BCUT2D eigenvalue weighted by Gasteiger charge is -2.19. The fraction of sp³-hybridized carbons (Fsp3) is 0.538. The van der Waals surface area contributed by atoms with Gasteiger partial charge in [0.05, 0.1) is 4.90 Å². The molecule has 1 atom stereocenters. The summed E-state index contributed by atoms with van der Waals surface area (Å²) in [6.07, 6.45) is 1.03. The molecule has 0 aliphatic carbocycles. The quantitative estimate of drug-likeness (QED) is 0.863. The zero-order valence-corrected chi connectivity index (χ0v) is 12.2. The number of nitrogens with two attached hydrogens (primary N) is 1. The monoisotopic (exact) mass is 270 g/mol. The molecule has 0 aromatic heterocycles. The van der Waals surface area contributed by atoms with Crippen LogP contribution in [0.3, 0.4) is 0 Å². The van der Waals surface area contributed by atoms with E-state index in [1.165, 1.54) is 6.07 Å². The van der Waals surface area contributed by atoms with Gasteiger partial charge in [-0.3, -0.25) is 0 Å². The second-order valence-corrected chi connectivity index (χ2v) is 6.68. The number of benzene rings is 1. The van der Waals surface area contributed by atoms with Crippen molar-refractivity contribution in [2.45, 2.75) is 45.1 Å². The van der Waals surface area contributed by atoms with Crippen molar-refractivity contribution in [1.29, 1.82) is 0 Å². The van der Waals surface area contributed by atoms with Crippen LogP contribution in [-0.4, -0.2) is 14.5 Å². The van der Waals surface area contributed by atoms with E-state index < -0.39 is 10.0 Å². The Kier molecular flexibility index (Phi) is 4.76. The van der Waals surface area contributed by atoms with Crippen molar-refractivity contribution in [2.75, 3.05) is 5.32 Å². The van der Waals surface area contributed by atoms with E-state index in [1.807, 2.05) is 6.07 Å². The number of hydrogen-bond donors (Lipinski definition) is 2. The molecule has 1 aromatic rings.